The first-order valence-electron chi connectivity index (χ1n) is 7.14. The van der Waals surface area contributed by atoms with Gasteiger partial charge in [-0.3, -0.25) is 9.59 Å². The lowest BCUT2D eigenvalue weighted by atomic mass is 9.71. The average Bonchev–Trinajstić information content (AvgIpc) is 2.35. The van der Waals surface area contributed by atoms with Gasteiger partial charge >= 0.3 is 0 Å². The standard InChI is InChI=1S/C15H26N2O2/c1-10(2)12-5-4-11(3)13(8-12)6-7-15(19)17-9-14(16)18/h6-7,10-13H,4-5,8-9H2,1-3H3,(H2,16,18)(H,17,19)/b7-6+. The lowest BCUT2D eigenvalue weighted by Crippen LogP contribution is -2.32. The van der Waals surface area contributed by atoms with Gasteiger partial charge in [-0.15, -0.1) is 0 Å². The fraction of sp³-hybridized carbons (Fsp3) is 0.733. The van der Waals surface area contributed by atoms with Crippen molar-refractivity contribution in [3.05, 3.63) is 12.2 Å². The average molecular weight is 266 g/mol. The second-order valence-corrected chi connectivity index (χ2v) is 6.00. The molecule has 4 nitrogen and oxygen atoms in total. The van der Waals surface area contributed by atoms with Crippen LogP contribution in [0.3, 0.4) is 0 Å². The molecule has 1 aliphatic rings. The Balaban J connectivity index is 2.48. The van der Waals surface area contributed by atoms with Crippen LogP contribution in [0.2, 0.25) is 0 Å². The largest absolute Gasteiger partial charge is 0.368 e. The molecule has 1 fully saturated rings. The molecule has 3 atom stereocenters. The van der Waals surface area contributed by atoms with E-state index in [1.165, 1.54) is 12.8 Å². The smallest absolute Gasteiger partial charge is 0.244 e. The Hall–Kier alpha value is -1.32. The number of rotatable bonds is 5. The molecule has 0 saturated heterocycles. The Morgan fingerprint density at radius 1 is 1.37 bits per heavy atom. The van der Waals surface area contributed by atoms with Gasteiger partial charge in [0.25, 0.3) is 0 Å². The maximum atomic E-state index is 11.5. The summed E-state index contributed by atoms with van der Waals surface area (Å²) in [5.74, 6) is 1.77. The molecule has 0 aromatic rings. The number of hydrogen-bond donors (Lipinski definition) is 2. The summed E-state index contributed by atoms with van der Waals surface area (Å²) in [4.78, 5) is 22.1. The Kier molecular flexibility index (Phi) is 6.06. The van der Waals surface area contributed by atoms with E-state index in [1.807, 2.05) is 6.08 Å². The van der Waals surface area contributed by atoms with Crippen LogP contribution in [0.25, 0.3) is 0 Å². The summed E-state index contributed by atoms with van der Waals surface area (Å²) in [5.41, 5.74) is 4.98. The van der Waals surface area contributed by atoms with Gasteiger partial charge in [-0.2, -0.15) is 0 Å². The molecule has 4 heteroatoms. The molecule has 108 valence electrons. The minimum atomic E-state index is -0.521. The Morgan fingerprint density at radius 2 is 2.05 bits per heavy atom. The van der Waals surface area contributed by atoms with Crippen molar-refractivity contribution in [1.82, 2.24) is 5.32 Å². The molecule has 0 aliphatic heterocycles. The first kappa shape index (κ1) is 15.7. The third-order valence-corrected chi connectivity index (χ3v) is 4.17. The van der Waals surface area contributed by atoms with Crippen LogP contribution in [0.15, 0.2) is 12.2 Å². The van der Waals surface area contributed by atoms with E-state index in [4.69, 9.17) is 5.73 Å². The van der Waals surface area contributed by atoms with Crippen molar-refractivity contribution in [1.29, 1.82) is 0 Å². The van der Waals surface area contributed by atoms with Gasteiger partial charge in [-0.05, 0) is 49.0 Å². The van der Waals surface area contributed by atoms with Crippen molar-refractivity contribution < 1.29 is 9.59 Å². The predicted octanol–water partition coefficient (Wildman–Crippen LogP) is 1.85. The number of amides is 2. The lowest BCUT2D eigenvalue weighted by Gasteiger charge is -2.34. The molecule has 0 heterocycles. The molecule has 0 spiro atoms. The SMILES string of the molecule is CC(C)C1CCC(C)C(/C=C/C(=O)NCC(N)=O)C1. The minimum Gasteiger partial charge on any atom is -0.368 e. The maximum Gasteiger partial charge on any atom is 0.244 e. The summed E-state index contributed by atoms with van der Waals surface area (Å²) in [6.45, 7) is 6.67. The van der Waals surface area contributed by atoms with Crippen molar-refractivity contribution in [2.75, 3.05) is 6.54 Å². The van der Waals surface area contributed by atoms with Crippen molar-refractivity contribution >= 4 is 11.8 Å². The first-order valence-corrected chi connectivity index (χ1v) is 7.14. The summed E-state index contributed by atoms with van der Waals surface area (Å²) in [6, 6.07) is 0. The van der Waals surface area contributed by atoms with Crippen LogP contribution in [0.4, 0.5) is 0 Å². The second-order valence-electron chi connectivity index (χ2n) is 6.00. The molecule has 0 bridgehead atoms. The van der Waals surface area contributed by atoms with Crippen LogP contribution < -0.4 is 11.1 Å². The Labute approximate surface area is 115 Å². The molecular weight excluding hydrogens is 240 g/mol. The van der Waals surface area contributed by atoms with Gasteiger partial charge in [0.2, 0.25) is 11.8 Å². The number of carbonyl (C=O) groups is 2. The summed E-state index contributed by atoms with van der Waals surface area (Å²) in [5, 5.41) is 2.47. The van der Waals surface area contributed by atoms with Gasteiger partial charge in [0.1, 0.15) is 0 Å². The number of hydrogen-bond acceptors (Lipinski definition) is 2. The van der Waals surface area contributed by atoms with Crippen LogP contribution in [0.5, 0.6) is 0 Å². The van der Waals surface area contributed by atoms with Crippen molar-refractivity contribution in [3.63, 3.8) is 0 Å². The van der Waals surface area contributed by atoms with E-state index in [0.717, 1.165) is 12.3 Å². The van der Waals surface area contributed by atoms with Crippen LogP contribution in [0, 0.1) is 23.7 Å². The number of allylic oxidation sites excluding steroid dienone is 1. The molecule has 0 radical (unpaired) electrons. The van der Waals surface area contributed by atoms with E-state index in [9.17, 15) is 9.59 Å². The highest BCUT2D eigenvalue weighted by molar-refractivity contribution is 5.90. The number of primary amides is 1. The zero-order chi connectivity index (χ0) is 14.4. The quantitative estimate of drug-likeness (QED) is 0.745. The summed E-state index contributed by atoms with van der Waals surface area (Å²) >= 11 is 0. The van der Waals surface area contributed by atoms with E-state index in [2.05, 4.69) is 26.1 Å². The van der Waals surface area contributed by atoms with Gasteiger partial charge in [0, 0.05) is 0 Å². The van der Waals surface area contributed by atoms with Crippen molar-refractivity contribution in [2.45, 2.75) is 40.0 Å². The summed E-state index contributed by atoms with van der Waals surface area (Å²) in [7, 11) is 0. The van der Waals surface area contributed by atoms with E-state index >= 15 is 0 Å². The zero-order valence-electron chi connectivity index (χ0n) is 12.2. The van der Waals surface area contributed by atoms with E-state index in [1.54, 1.807) is 6.08 Å². The third kappa shape index (κ3) is 5.45. The minimum absolute atomic E-state index is 0.0992. The molecule has 19 heavy (non-hydrogen) atoms. The number of nitrogens with two attached hydrogens (primary N) is 1. The topological polar surface area (TPSA) is 72.2 Å². The summed E-state index contributed by atoms with van der Waals surface area (Å²) in [6.07, 6.45) is 7.21. The van der Waals surface area contributed by atoms with Crippen molar-refractivity contribution in [3.8, 4) is 0 Å². The highest BCUT2D eigenvalue weighted by atomic mass is 16.2. The van der Waals surface area contributed by atoms with Gasteiger partial charge in [0.15, 0.2) is 0 Å². The van der Waals surface area contributed by atoms with Crippen LogP contribution >= 0.6 is 0 Å². The van der Waals surface area contributed by atoms with Gasteiger partial charge < -0.3 is 11.1 Å². The molecule has 1 saturated carbocycles. The van der Waals surface area contributed by atoms with Gasteiger partial charge in [-0.1, -0.05) is 26.8 Å². The normalized spacial score (nSPS) is 27.7. The van der Waals surface area contributed by atoms with E-state index in [0.29, 0.717) is 17.8 Å². The fourth-order valence-corrected chi connectivity index (χ4v) is 2.71. The molecular formula is C15H26N2O2. The van der Waals surface area contributed by atoms with Crippen LogP contribution in [-0.4, -0.2) is 18.4 Å². The lowest BCUT2D eigenvalue weighted by molar-refractivity contribution is -0.122. The fourth-order valence-electron chi connectivity index (χ4n) is 2.71. The molecule has 3 N–H and O–H groups in total. The highest BCUT2D eigenvalue weighted by Gasteiger charge is 2.27. The monoisotopic (exact) mass is 266 g/mol. The third-order valence-electron chi connectivity index (χ3n) is 4.17. The van der Waals surface area contributed by atoms with Gasteiger partial charge in [-0.25, -0.2) is 0 Å². The number of nitrogens with one attached hydrogen (secondary N) is 1. The van der Waals surface area contributed by atoms with Gasteiger partial charge in [0.05, 0.1) is 6.54 Å². The molecule has 1 aliphatic carbocycles. The predicted molar refractivity (Wildman–Crippen MR) is 76.2 cm³/mol. The highest BCUT2D eigenvalue weighted by Crippen LogP contribution is 2.37. The van der Waals surface area contributed by atoms with Crippen LogP contribution in [-0.2, 0) is 9.59 Å². The zero-order valence-corrected chi connectivity index (χ0v) is 12.2. The first-order chi connectivity index (χ1) is 8.90. The molecule has 0 aromatic carbocycles. The molecule has 3 unspecified atom stereocenters. The maximum absolute atomic E-state index is 11.5. The Bertz CT molecular complexity index is 350. The Morgan fingerprint density at radius 3 is 2.63 bits per heavy atom. The second kappa shape index (κ2) is 7.31. The molecule has 0 aromatic heterocycles. The number of carbonyl (C=O) groups excluding carboxylic acids is 2. The molecule has 1 rings (SSSR count). The summed E-state index contributed by atoms with van der Waals surface area (Å²) < 4.78 is 0. The molecule has 2 amide bonds. The van der Waals surface area contributed by atoms with Crippen molar-refractivity contribution in [2.24, 2.45) is 29.4 Å². The van der Waals surface area contributed by atoms with E-state index < -0.39 is 5.91 Å². The van der Waals surface area contributed by atoms with Crippen LogP contribution in [0.1, 0.15) is 40.0 Å². The van der Waals surface area contributed by atoms with E-state index in [-0.39, 0.29) is 12.5 Å².